The van der Waals surface area contributed by atoms with Gasteiger partial charge in [0.1, 0.15) is 0 Å². The number of nitrogens with one attached hydrogen (secondary N) is 1. The van der Waals surface area contributed by atoms with Gasteiger partial charge < -0.3 is 16.0 Å². The van der Waals surface area contributed by atoms with E-state index >= 15 is 0 Å². The average Bonchev–Trinajstić information content (AvgIpc) is 2.73. The molecule has 0 bridgehead atoms. The Balaban J connectivity index is 1.54. The van der Waals surface area contributed by atoms with Crippen molar-refractivity contribution < 1.29 is 14.5 Å². The number of nitrogens with zero attached hydrogens (tertiary/aromatic N) is 2. The van der Waals surface area contributed by atoms with Crippen LogP contribution in [0.4, 0.5) is 11.4 Å². The first-order valence-corrected chi connectivity index (χ1v) is 10.0. The first-order valence-electron chi connectivity index (χ1n) is 10.0. The number of likely N-dealkylation sites (tertiary alicyclic amines) is 1. The van der Waals surface area contributed by atoms with Crippen LogP contribution in [0.1, 0.15) is 34.3 Å². The monoisotopic (exact) mass is 410 g/mol. The van der Waals surface area contributed by atoms with Crippen LogP contribution in [-0.2, 0) is 11.2 Å². The Hall–Kier alpha value is -3.26. The number of hydrogen-bond acceptors (Lipinski definition) is 5. The molecule has 0 saturated carbocycles. The minimum absolute atomic E-state index is 0.00108. The summed E-state index contributed by atoms with van der Waals surface area (Å²) in [5.41, 5.74) is 7.72. The van der Waals surface area contributed by atoms with Crippen LogP contribution in [0.3, 0.4) is 0 Å². The number of rotatable bonds is 7. The van der Waals surface area contributed by atoms with Gasteiger partial charge in [-0.25, -0.2) is 0 Å². The Kier molecular flexibility index (Phi) is 6.79. The van der Waals surface area contributed by atoms with Crippen molar-refractivity contribution in [2.45, 2.75) is 26.2 Å². The van der Waals surface area contributed by atoms with Crippen molar-refractivity contribution in [3.05, 3.63) is 69.3 Å². The molecule has 0 radical (unpaired) electrons. The smallest absolute Gasteiger partial charge is 0.273 e. The number of nitrogens with two attached hydrogens (primary N) is 1. The largest absolute Gasteiger partial charge is 0.369 e. The molecule has 0 atom stereocenters. The Morgan fingerprint density at radius 3 is 2.43 bits per heavy atom. The second-order valence-corrected chi connectivity index (χ2v) is 7.63. The number of hydrogen-bond donors (Lipinski definition) is 2. The van der Waals surface area contributed by atoms with Gasteiger partial charge in [0.05, 0.1) is 4.92 Å². The summed E-state index contributed by atoms with van der Waals surface area (Å²) in [6.45, 7) is 4.24. The van der Waals surface area contributed by atoms with Crippen molar-refractivity contribution in [1.29, 1.82) is 0 Å². The number of benzene rings is 2. The van der Waals surface area contributed by atoms with Gasteiger partial charge in [0.2, 0.25) is 5.91 Å². The van der Waals surface area contributed by atoms with Gasteiger partial charge in [-0.15, -0.1) is 0 Å². The molecule has 2 aromatic carbocycles. The van der Waals surface area contributed by atoms with Gasteiger partial charge in [0.25, 0.3) is 11.6 Å². The summed E-state index contributed by atoms with van der Waals surface area (Å²) in [4.78, 5) is 36.7. The van der Waals surface area contributed by atoms with Gasteiger partial charge in [0, 0.05) is 35.3 Å². The minimum Gasteiger partial charge on any atom is -0.369 e. The molecule has 0 unspecified atom stereocenters. The van der Waals surface area contributed by atoms with Crippen molar-refractivity contribution in [1.82, 2.24) is 4.90 Å². The van der Waals surface area contributed by atoms with Crippen LogP contribution in [0.2, 0.25) is 0 Å². The predicted molar refractivity (Wildman–Crippen MR) is 114 cm³/mol. The van der Waals surface area contributed by atoms with Crippen LogP contribution in [0.25, 0.3) is 0 Å². The highest BCUT2D eigenvalue weighted by Crippen LogP contribution is 2.22. The summed E-state index contributed by atoms with van der Waals surface area (Å²) in [6, 6.07) is 12.1. The fraction of sp³-hybridized carbons (Fsp3) is 0.364. The number of nitro benzene ring substituents is 1. The lowest BCUT2D eigenvalue weighted by Crippen LogP contribution is -2.39. The van der Waals surface area contributed by atoms with Gasteiger partial charge in [-0.1, -0.05) is 18.2 Å². The summed E-state index contributed by atoms with van der Waals surface area (Å²) >= 11 is 0. The normalized spacial score (nSPS) is 15.0. The van der Waals surface area contributed by atoms with E-state index < -0.39 is 4.92 Å². The van der Waals surface area contributed by atoms with Crippen LogP contribution in [0, 0.1) is 23.0 Å². The first kappa shape index (κ1) is 21.4. The number of carbonyl (C=O) groups is 2. The molecule has 1 aliphatic heterocycles. The van der Waals surface area contributed by atoms with Crippen molar-refractivity contribution in [2.24, 2.45) is 11.7 Å². The van der Waals surface area contributed by atoms with Gasteiger partial charge in [-0.3, -0.25) is 19.7 Å². The van der Waals surface area contributed by atoms with Crippen LogP contribution in [0.15, 0.2) is 42.5 Å². The molecule has 1 aliphatic rings. The fourth-order valence-electron chi connectivity index (χ4n) is 3.75. The number of carbonyl (C=O) groups excluding carboxylic acids is 2. The van der Waals surface area contributed by atoms with Gasteiger partial charge in [-0.2, -0.15) is 0 Å². The Morgan fingerprint density at radius 2 is 1.83 bits per heavy atom. The molecule has 1 fully saturated rings. The lowest BCUT2D eigenvalue weighted by atomic mass is 9.96. The third-order valence-electron chi connectivity index (χ3n) is 5.66. The summed E-state index contributed by atoms with van der Waals surface area (Å²) in [7, 11) is 0. The molecule has 8 heteroatoms. The van der Waals surface area contributed by atoms with Crippen molar-refractivity contribution in [3.8, 4) is 0 Å². The lowest BCUT2D eigenvalue weighted by Gasteiger charge is -2.30. The van der Waals surface area contributed by atoms with E-state index in [-0.39, 0.29) is 29.0 Å². The van der Waals surface area contributed by atoms with Gasteiger partial charge in [-0.05, 0) is 63.0 Å². The molecule has 3 N–H and O–H groups in total. The number of primary amides is 1. The maximum atomic E-state index is 12.5. The zero-order valence-electron chi connectivity index (χ0n) is 17.0. The molecule has 1 heterocycles. The van der Waals surface area contributed by atoms with Crippen LogP contribution in [-0.4, -0.2) is 41.3 Å². The summed E-state index contributed by atoms with van der Waals surface area (Å²) in [5.74, 6) is -0.576. The Morgan fingerprint density at radius 1 is 1.17 bits per heavy atom. The van der Waals surface area contributed by atoms with E-state index in [4.69, 9.17) is 5.73 Å². The van der Waals surface area contributed by atoms with E-state index in [9.17, 15) is 19.7 Å². The topological polar surface area (TPSA) is 119 Å². The number of nitro groups is 1. The van der Waals surface area contributed by atoms with Crippen molar-refractivity contribution >= 4 is 23.2 Å². The van der Waals surface area contributed by atoms with E-state index in [0.717, 1.165) is 44.5 Å². The summed E-state index contributed by atoms with van der Waals surface area (Å²) < 4.78 is 0. The maximum absolute atomic E-state index is 12.5. The van der Waals surface area contributed by atoms with Crippen LogP contribution < -0.4 is 11.1 Å². The Bertz CT molecular complexity index is 935. The van der Waals surface area contributed by atoms with Gasteiger partial charge >= 0.3 is 0 Å². The molecule has 8 nitrogen and oxygen atoms in total. The highest BCUT2D eigenvalue weighted by molar-refractivity contribution is 6.05. The third-order valence-corrected chi connectivity index (χ3v) is 5.66. The summed E-state index contributed by atoms with van der Waals surface area (Å²) in [5, 5.41) is 13.9. The SMILES string of the molecule is Cc1c(C(=O)Nc2ccc(CCN3CCC(C(N)=O)CC3)cc2)cccc1[N+](=O)[O-]. The van der Waals surface area contributed by atoms with E-state index in [1.54, 1.807) is 13.0 Å². The zero-order chi connectivity index (χ0) is 21.7. The van der Waals surface area contributed by atoms with Crippen molar-refractivity contribution in [2.75, 3.05) is 25.0 Å². The van der Waals surface area contributed by atoms with E-state index in [1.807, 2.05) is 24.3 Å². The predicted octanol–water partition coefficient (Wildman–Crippen LogP) is 2.90. The molecule has 0 spiro atoms. The number of anilines is 1. The average molecular weight is 410 g/mol. The lowest BCUT2D eigenvalue weighted by molar-refractivity contribution is -0.385. The molecule has 3 rings (SSSR count). The molecule has 0 aliphatic carbocycles. The first-order chi connectivity index (χ1) is 14.3. The van der Waals surface area contributed by atoms with Crippen molar-refractivity contribution in [3.63, 3.8) is 0 Å². The van der Waals surface area contributed by atoms with Crippen LogP contribution in [0.5, 0.6) is 0 Å². The van der Waals surface area contributed by atoms with Crippen LogP contribution >= 0.6 is 0 Å². The molecule has 158 valence electrons. The molecule has 0 aromatic heterocycles. The molecular weight excluding hydrogens is 384 g/mol. The van der Waals surface area contributed by atoms with E-state index in [0.29, 0.717) is 11.3 Å². The Labute approximate surface area is 175 Å². The molecule has 30 heavy (non-hydrogen) atoms. The van der Waals surface area contributed by atoms with E-state index in [1.165, 1.54) is 12.1 Å². The third kappa shape index (κ3) is 5.21. The molecule has 1 saturated heterocycles. The highest BCUT2D eigenvalue weighted by Gasteiger charge is 2.22. The van der Waals surface area contributed by atoms with Gasteiger partial charge in [0.15, 0.2) is 0 Å². The molecule has 2 amide bonds. The highest BCUT2D eigenvalue weighted by atomic mass is 16.6. The molecular formula is C22H26N4O4. The number of amides is 2. The second kappa shape index (κ2) is 9.49. The van der Waals surface area contributed by atoms with E-state index in [2.05, 4.69) is 10.2 Å². The minimum atomic E-state index is -0.489. The standard InChI is InChI=1S/C22H26N4O4/c1-15-19(3-2-4-20(15)26(29)30)22(28)24-18-7-5-16(6-8-18)9-12-25-13-10-17(11-14-25)21(23)27/h2-8,17H,9-14H2,1H3,(H2,23,27)(H,24,28). The molecule has 2 aromatic rings. The fourth-order valence-corrected chi connectivity index (χ4v) is 3.75. The summed E-state index contributed by atoms with van der Waals surface area (Å²) in [6.07, 6.45) is 2.51. The quantitative estimate of drug-likeness (QED) is 0.537. The maximum Gasteiger partial charge on any atom is 0.273 e. The zero-order valence-corrected chi connectivity index (χ0v) is 17.0. The number of piperidine rings is 1. The second-order valence-electron chi connectivity index (χ2n) is 7.63.